The van der Waals surface area contributed by atoms with Gasteiger partial charge in [0.2, 0.25) is 0 Å². The summed E-state index contributed by atoms with van der Waals surface area (Å²) in [7, 11) is 0. The molecule has 1 N–H and O–H groups in total. The first-order chi connectivity index (χ1) is 8.15. The second-order valence-corrected chi connectivity index (χ2v) is 6.64. The molecule has 1 atom stereocenters. The summed E-state index contributed by atoms with van der Waals surface area (Å²) in [6.07, 6.45) is 0. The summed E-state index contributed by atoms with van der Waals surface area (Å²) in [6.45, 7) is 3.02. The maximum atomic E-state index is 5.98. The standard InChI is InChI=1S/C13H13BrClNS/c1-9(11-3-2-4-12(15)6-11)16-7-10-5-13(14)17-8-10/h2-6,8-9,16H,7H2,1H3. The van der Waals surface area contributed by atoms with Gasteiger partial charge in [0.15, 0.2) is 0 Å². The Balaban J connectivity index is 1.95. The first kappa shape index (κ1) is 13.1. The van der Waals surface area contributed by atoms with Crippen molar-refractivity contribution in [3.63, 3.8) is 0 Å². The molecule has 1 aromatic heterocycles. The zero-order chi connectivity index (χ0) is 12.3. The summed E-state index contributed by atoms with van der Waals surface area (Å²) in [5.41, 5.74) is 2.52. The van der Waals surface area contributed by atoms with Crippen molar-refractivity contribution in [2.75, 3.05) is 0 Å². The lowest BCUT2D eigenvalue weighted by Gasteiger charge is -2.13. The number of rotatable bonds is 4. The molecule has 17 heavy (non-hydrogen) atoms. The summed E-state index contributed by atoms with van der Waals surface area (Å²) in [5.74, 6) is 0. The monoisotopic (exact) mass is 329 g/mol. The number of benzene rings is 1. The molecule has 2 aromatic rings. The van der Waals surface area contributed by atoms with Crippen LogP contribution in [0.4, 0.5) is 0 Å². The van der Waals surface area contributed by atoms with Crippen molar-refractivity contribution in [2.24, 2.45) is 0 Å². The van der Waals surface area contributed by atoms with E-state index in [9.17, 15) is 0 Å². The lowest BCUT2D eigenvalue weighted by molar-refractivity contribution is 0.575. The molecule has 0 saturated heterocycles. The average molecular weight is 331 g/mol. The minimum Gasteiger partial charge on any atom is -0.306 e. The Morgan fingerprint density at radius 1 is 1.41 bits per heavy atom. The van der Waals surface area contributed by atoms with Gasteiger partial charge >= 0.3 is 0 Å². The van der Waals surface area contributed by atoms with Crippen LogP contribution in [0, 0.1) is 0 Å². The van der Waals surface area contributed by atoms with Crippen molar-refractivity contribution in [3.05, 3.63) is 55.6 Å². The predicted octanol–water partition coefficient (Wildman–Crippen LogP) is 5.01. The van der Waals surface area contributed by atoms with E-state index in [0.29, 0.717) is 6.04 Å². The fourth-order valence-corrected chi connectivity index (χ4v) is 3.01. The van der Waals surface area contributed by atoms with E-state index in [1.54, 1.807) is 11.3 Å². The van der Waals surface area contributed by atoms with Gasteiger partial charge in [0, 0.05) is 17.6 Å². The molecule has 0 fully saturated rings. The topological polar surface area (TPSA) is 12.0 Å². The third-order valence-corrected chi connectivity index (χ3v) is 4.37. The highest BCUT2D eigenvalue weighted by molar-refractivity contribution is 9.11. The van der Waals surface area contributed by atoms with Gasteiger partial charge in [0.25, 0.3) is 0 Å². The fraction of sp³-hybridized carbons (Fsp3) is 0.231. The number of hydrogen-bond donors (Lipinski definition) is 1. The minimum absolute atomic E-state index is 0.298. The van der Waals surface area contributed by atoms with Gasteiger partial charge in [-0.1, -0.05) is 23.7 Å². The molecule has 1 unspecified atom stereocenters. The van der Waals surface area contributed by atoms with E-state index in [0.717, 1.165) is 11.6 Å². The van der Waals surface area contributed by atoms with Crippen molar-refractivity contribution in [1.82, 2.24) is 5.32 Å². The van der Waals surface area contributed by atoms with Crippen LogP contribution < -0.4 is 5.32 Å². The molecule has 1 heterocycles. The Labute approximate surface area is 119 Å². The molecule has 0 aliphatic carbocycles. The molecule has 0 aliphatic heterocycles. The molecule has 0 saturated carbocycles. The molecule has 4 heteroatoms. The Morgan fingerprint density at radius 3 is 2.88 bits per heavy atom. The van der Waals surface area contributed by atoms with Crippen molar-refractivity contribution >= 4 is 38.9 Å². The highest BCUT2D eigenvalue weighted by atomic mass is 79.9. The van der Waals surface area contributed by atoms with Gasteiger partial charge in [0.1, 0.15) is 0 Å². The molecule has 0 aliphatic rings. The lowest BCUT2D eigenvalue weighted by atomic mass is 10.1. The molecule has 1 aromatic carbocycles. The van der Waals surface area contributed by atoms with Gasteiger partial charge in [-0.05, 0) is 57.6 Å². The second kappa shape index (κ2) is 6.01. The van der Waals surface area contributed by atoms with Crippen LogP contribution in [0.2, 0.25) is 5.02 Å². The molecule has 0 bridgehead atoms. The molecular weight excluding hydrogens is 318 g/mol. The zero-order valence-electron chi connectivity index (χ0n) is 9.41. The maximum Gasteiger partial charge on any atom is 0.0701 e. The van der Waals surface area contributed by atoms with E-state index in [2.05, 4.69) is 45.7 Å². The summed E-state index contributed by atoms with van der Waals surface area (Å²) in [6, 6.07) is 10.4. The zero-order valence-corrected chi connectivity index (χ0v) is 12.6. The first-order valence-corrected chi connectivity index (χ1v) is 7.42. The molecule has 1 nitrogen and oxygen atoms in total. The fourth-order valence-electron chi connectivity index (χ4n) is 1.60. The van der Waals surface area contributed by atoms with Crippen LogP contribution in [0.3, 0.4) is 0 Å². The maximum absolute atomic E-state index is 5.98. The van der Waals surface area contributed by atoms with Crippen molar-refractivity contribution in [2.45, 2.75) is 19.5 Å². The summed E-state index contributed by atoms with van der Waals surface area (Å²) >= 11 is 11.2. The molecule has 2 rings (SSSR count). The Kier molecular flexibility index (Phi) is 4.62. The second-order valence-electron chi connectivity index (χ2n) is 3.92. The van der Waals surface area contributed by atoms with Crippen LogP contribution >= 0.6 is 38.9 Å². The molecular formula is C13H13BrClNS. The number of hydrogen-bond acceptors (Lipinski definition) is 2. The van der Waals surface area contributed by atoms with Crippen LogP contribution in [0.25, 0.3) is 0 Å². The average Bonchev–Trinajstić information content (AvgIpc) is 2.72. The third-order valence-electron chi connectivity index (χ3n) is 2.58. The van der Waals surface area contributed by atoms with Gasteiger partial charge in [-0.25, -0.2) is 0 Å². The van der Waals surface area contributed by atoms with E-state index in [1.165, 1.54) is 14.9 Å². The SMILES string of the molecule is CC(NCc1csc(Br)c1)c1cccc(Cl)c1. The van der Waals surface area contributed by atoms with Gasteiger partial charge in [0.05, 0.1) is 3.79 Å². The van der Waals surface area contributed by atoms with Gasteiger partial charge < -0.3 is 5.32 Å². The van der Waals surface area contributed by atoms with Crippen molar-refractivity contribution < 1.29 is 0 Å². The number of nitrogens with one attached hydrogen (secondary N) is 1. The highest BCUT2D eigenvalue weighted by Gasteiger charge is 2.05. The summed E-state index contributed by atoms with van der Waals surface area (Å²) in [4.78, 5) is 0. The van der Waals surface area contributed by atoms with E-state index >= 15 is 0 Å². The van der Waals surface area contributed by atoms with Gasteiger partial charge in [-0.15, -0.1) is 11.3 Å². The minimum atomic E-state index is 0.298. The van der Waals surface area contributed by atoms with Crippen LogP contribution in [0.15, 0.2) is 39.5 Å². The van der Waals surface area contributed by atoms with Crippen LogP contribution in [-0.4, -0.2) is 0 Å². The van der Waals surface area contributed by atoms with E-state index in [4.69, 9.17) is 11.6 Å². The van der Waals surface area contributed by atoms with Crippen molar-refractivity contribution in [1.29, 1.82) is 0 Å². The molecule has 0 amide bonds. The largest absolute Gasteiger partial charge is 0.306 e. The predicted molar refractivity (Wildman–Crippen MR) is 78.7 cm³/mol. The lowest BCUT2D eigenvalue weighted by Crippen LogP contribution is -2.17. The van der Waals surface area contributed by atoms with E-state index in [1.807, 2.05) is 18.2 Å². The van der Waals surface area contributed by atoms with Gasteiger partial charge in [-0.2, -0.15) is 0 Å². The van der Waals surface area contributed by atoms with E-state index in [-0.39, 0.29) is 0 Å². The van der Waals surface area contributed by atoms with Crippen LogP contribution in [-0.2, 0) is 6.54 Å². The van der Waals surface area contributed by atoms with Crippen LogP contribution in [0.1, 0.15) is 24.1 Å². The summed E-state index contributed by atoms with van der Waals surface area (Å²) in [5, 5.41) is 6.42. The number of halogens is 2. The summed E-state index contributed by atoms with van der Waals surface area (Å²) < 4.78 is 1.17. The van der Waals surface area contributed by atoms with Crippen LogP contribution in [0.5, 0.6) is 0 Å². The molecule has 90 valence electrons. The Bertz CT molecular complexity index is 498. The molecule has 0 radical (unpaired) electrons. The van der Waals surface area contributed by atoms with E-state index < -0.39 is 0 Å². The van der Waals surface area contributed by atoms with Crippen molar-refractivity contribution in [3.8, 4) is 0 Å². The normalized spacial score (nSPS) is 12.6. The Hall–Kier alpha value is -0.350. The Morgan fingerprint density at radius 2 is 2.24 bits per heavy atom. The highest BCUT2D eigenvalue weighted by Crippen LogP contribution is 2.22. The number of thiophene rings is 1. The molecule has 0 spiro atoms. The quantitative estimate of drug-likeness (QED) is 0.830. The smallest absolute Gasteiger partial charge is 0.0701 e. The first-order valence-electron chi connectivity index (χ1n) is 5.37. The third kappa shape index (κ3) is 3.81. The van der Waals surface area contributed by atoms with Gasteiger partial charge in [-0.3, -0.25) is 0 Å².